The van der Waals surface area contributed by atoms with Crippen molar-refractivity contribution in [3.05, 3.63) is 36.4 Å². The summed E-state index contributed by atoms with van der Waals surface area (Å²) in [6.45, 7) is 12.9. The van der Waals surface area contributed by atoms with Gasteiger partial charge in [-0.15, -0.1) is 0 Å². The molecule has 0 saturated heterocycles. The van der Waals surface area contributed by atoms with Gasteiger partial charge in [0.15, 0.2) is 5.82 Å². The molecule has 0 aliphatic carbocycles. The summed E-state index contributed by atoms with van der Waals surface area (Å²) in [5.74, 6) is 2.65. The fraction of sp³-hybridized carbons (Fsp3) is 0.500. The molecule has 130 valence electrons. The molecule has 0 amide bonds. The fourth-order valence-electron chi connectivity index (χ4n) is 2.64. The SMILES string of the molecule is CCCN(CCC)c1cc(NC(C)(C)C)nc(-c2ccccc2)n1. The van der Waals surface area contributed by atoms with Gasteiger partial charge in [-0.1, -0.05) is 44.2 Å². The van der Waals surface area contributed by atoms with Crippen LogP contribution in [0, 0.1) is 0 Å². The van der Waals surface area contributed by atoms with Crippen molar-refractivity contribution in [2.24, 2.45) is 0 Å². The maximum Gasteiger partial charge on any atom is 0.163 e. The summed E-state index contributed by atoms with van der Waals surface area (Å²) in [5, 5.41) is 3.49. The van der Waals surface area contributed by atoms with Gasteiger partial charge in [-0.2, -0.15) is 0 Å². The first-order chi connectivity index (χ1) is 11.4. The zero-order valence-corrected chi connectivity index (χ0v) is 15.6. The molecular weight excluding hydrogens is 296 g/mol. The number of aromatic nitrogens is 2. The molecule has 0 saturated carbocycles. The molecule has 2 rings (SSSR count). The molecule has 4 nitrogen and oxygen atoms in total. The lowest BCUT2D eigenvalue weighted by Crippen LogP contribution is -2.29. The van der Waals surface area contributed by atoms with E-state index in [2.05, 4.69) is 63.0 Å². The minimum absolute atomic E-state index is 0.0417. The molecule has 0 radical (unpaired) electrons. The van der Waals surface area contributed by atoms with Crippen LogP contribution in [-0.2, 0) is 0 Å². The van der Waals surface area contributed by atoms with Gasteiger partial charge < -0.3 is 10.2 Å². The molecule has 4 heteroatoms. The molecule has 0 atom stereocenters. The zero-order chi connectivity index (χ0) is 17.6. The summed E-state index contributed by atoms with van der Waals surface area (Å²) in [4.78, 5) is 11.9. The lowest BCUT2D eigenvalue weighted by atomic mass is 10.1. The van der Waals surface area contributed by atoms with Crippen LogP contribution in [0.1, 0.15) is 47.5 Å². The van der Waals surface area contributed by atoms with Crippen molar-refractivity contribution in [2.45, 2.75) is 53.0 Å². The molecule has 1 N–H and O–H groups in total. The van der Waals surface area contributed by atoms with Crippen LogP contribution in [0.25, 0.3) is 11.4 Å². The standard InChI is InChI=1S/C20H30N4/c1-6-13-24(14-7-2)18-15-17(23-20(3,4)5)21-19(22-18)16-11-9-8-10-12-16/h8-12,15H,6-7,13-14H2,1-5H3,(H,21,22,23). The zero-order valence-electron chi connectivity index (χ0n) is 15.6. The minimum atomic E-state index is -0.0417. The van der Waals surface area contributed by atoms with Crippen molar-refractivity contribution < 1.29 is 0 Å². The smallest absolute Gasteiger partial charge is 0.163 e. The van der Waals surface area contributed by atoms with Gasteiger partial charge in [0, 0.05) is 30.3 Å². The lowest BCUT2D eigenvalue weighted by molar-refractivity contribution is 0.630. The van der Waals surface area contributed by atoms with E-state index in [0.29, 0.717) is 0 Å². The highest BCUT2D eigenvalue weighted by atomic mass is 15.2. The maximum atomic E-state index is 4.85. The van der Waals surface area contributed by atoms with Gasteiger partial charge >= 0.3 is 0 Å². The topological polar surface area (TPSA) is 41.0 Å². The van der Waals surface area contributed by atoms with E-state index in [1.807, 2.05) is 18.2 Å². The third-order valence-electron chi connectivity index (χ3n) is 3.56. The van der Waals surface area contributed by atoms with Crippen molar-refractivity contribution in [3.63, 3.8) is 0 Å². The van der Waals surface area contributed by atoms with Crippen LogP contribution < -0.4 is 10.2 Å². The molecule has 0 unspecified atom stereocenters. The monoisotopic (exact) mass is 326 g/mol. The van der Waals surface area contributed by atoms with Gasteiger partial charge in [-0.25, -0.2) is 9.97 Å². The predicted molar refractivity (Wildman–Crippen MR) is 104 cm³/mol. The summed E-state index contributed by atoms with van der Waals surface area (Å²) in [6, 6.07) is 12.3. The second-order valence-electron chi connectivity index (χ2n) is 7.16. The Morgan fingerprint density at radius 2 is 1.58 bits per heavy atom. The molecule has 24 heavy (non-hydrogen) atoms. The first-order valence-electron chi connectivity index (χ1n) is 8.90. The number of hydrogen-bond acceptors (Lipinski definition) is 4. The molecular formula is C20H30N4. The second-order valence-corrected chi connectivity index (χ2v) is 7.16. The van der Waals surface area contributed by atoms with E-state index in [1.54, 1.807) is 0 Å². The first-order valence-corrected chi connectivity index (χ1v) is 8.90. The van der Waals surface area contributed by atoms with Crippen molar-refractivity contribution in [3.8, 4) is 11.4 Å². The Balaban J connectivity index is 2.47. The van der Waals surface area contributed by atoms with Crippen LogP contribution in [0.4, 0.5) is 11.6 Å². The summed E-state index contributed by atoms with van der Waals surface area (Å²) in [7, 11) is 0. The number of rotatable bonds is 7. The highest BCUT2D eigenvalue weighted by Gasteiger charge is 2.15. The molecule has 0 aliphatic heterocycles. The summed E-state index contributed by atoms with van der Waals surface area (Å²) < 4.78 is 0. The van der Waals surface area contributed by atoms with E-state index in [1.165, 1.54) is 0 Å². The molecule has 0 spiro atoms. The molecule has 1 heterocycles. The van der Waals surface area contributed by atoms with Gasteiger partial charge in [0.1, 0.15) is 11.6 Å². The van der Waals surface area contributed by atoms with E-state index >= 15 is 0 Å². The Morgan fingerprint density at radius 1 is 0.958 bits per heavy atom. The van der Waals surface area contributed by atoms with Gasteiger partial charge in [0.05, 0.1) is 0 Å². The van der Waals surface area contributed by atoms with Crippen LogP contribution in [-0.4, -0.2) is 28.6 Å². The Labute approximate surface area is 146 Å². The van der Waals surface area contributed by atoms with Crippen LogP contribution in [0.15, 0.2) is 36.4 Å². The van der Waals surface area contributed by atoms with Crippen molar-refractivity contribution >= 4 is 11.6 Å². The third kappa shape index (κ3) is 5.22. The molecule has 0 aliphatic rings. The van der Waals surface area contributed by atoms with E-state index in [0.717, 1.165) is 49.0 Å². The van der Waals surface area contributed by atoms with E-state index in [-0.39, 0.29) is 5.54 Å². The van der Waals surface area contributed by atoms with E-state index in [4.69, 9.17) is 9.97 Å². The number of benzene rings is 1. The lowest BCUT2D eigenvalue weighted by Gasteiger charge is -2.26. The first kappa shape index (κ1) is 18.2. The van der Waals surface area contributed by atoms with Crippen LogP contribution in [0.2, 0.25) is 0 Å². The van der Waals surface area contributed by atoms with Crippen LogP contribution >= 0.6 is 0 Å². The number of nitrogens with zero attached hydrogens (tertiary/aromatic N) is 3. The molecule has 2 aromatic rings. The summed E-state index contributed by atoms with van der Waals surface area (Å²) in [5.41, 5.74) is 1.00. The average Bonchev–Trinajstić information content (AvgIpc) is 2.53. The second kappa shape index (κ2) is 8.13. The number of anilines is 2. The van der Waals surface area contributed by atoms with Gasteiger partial charge in [-0.05, 0) is 33.6 Å². The third-order valence-corrected chi connectivity index (χ3v) is 3.56. The van der Waals surface area contributed by atoms with E-state index < -0.39 is 0 Å². The van der Waals surface area contributed by atoms with E-state index in [9.17, 15) is 0 Å². The summed E-state index contributed by atoms with van der Waals surface area (Å²) >= 11 is 0. The van der Waals surface area contributed by atoms with Gasteiger partial charge in [0.25, 0.3) is 0 Å². The maximum absolute atomic E-state index is 4.85. The number of nitrogens with one attached hydrogen (secondary N) is 1. The highest BCUT2D eigenvalue weighted by molar-refractivity contribution is 5.62. The largest absolute Gasteiger partial charge is 0.365 e. The Kier molecular flexibility index (Phi) is 6.18. The van der Waals surface area contributed by atoms with Gasteiger partial charge in [0.2, 0.25) is 0 Å². The van der Waals surface area contributed by atoms with Crippen LogP contribution in [0.5, 0.6) is 0 Å². The normalized spacial score (nSPS) is 11.4. The van der Waals surface area contributed by atoms with Crippen molar-refractivity contribution in [1.29, 1.82) is 0 Å². The van der Waals surface area contributed by atoms with Crippen molar-refractivity contribution in [1.82, 2.24) is 9.97 Å². The predicted octanol–water partition coefficient (Wildman–Crippen LogP) is 4.98. The fourth-order valence-corrected chi connectivity index (χ4v) is 2.64. The van der Waals surface area contributed by atoms with Crippen molar-refractivity contribution in [2.75, 3.05) is 23.3 Å². The molecule has 1 aromatic heterocycles. The Morgan fingerprint density at radius 3 is 2.12 bits per heavy atom. The van der Waals surface area contributed by atoms with Crippen LogP contribution in [0.3, 0.4) is 0 Å². The Hall–Kier alpha value is -2.10. The Bertz CT molecular complexity index is 626. The molecule has 0 bridgehead atoms. The molecule has 1 aromatic carbocycles. The summed E-state index contributed by atoms with van der Waals surface area (Å²) in [6.07, 6.45) is 2.21. The highest BCUT2D eigenvalue weighted by Crippen LogP contribution is 2.24. The quantitative estimate of drug-likeness (QED) is 0.779. The van der Waals surface area contributed by atoms with Gasteiger partial charge in [-0.3, -0.25) is 0 Å². The average molecular weight is 326 g/mol. The molecule has 0 fully saturated rings. The minimum Gasteiger partial charge on any atom is -0.365 e. The number of hydrogen-bond donors (Lipinski definition) is 1.